The predicted molar refractivity (Wildman–Crippen MR) is 68.5 cm³/mol. The smallest absolute Gasteiger partial charge is 0.211 e. The Morgan fingerprint density at radius 3 is 2.41 bits per heavy atom. The fraction of sp³-hybridized carbons (Fsp3) is 1.00. The van der Waals surface area contributed by atoms with Crippen LogP contribution in [0.4, 0.5) is 0 Å². The fourth-order valence-corrected chi connectivity index (χ4v) is 2.82. The summed E-state index contributed by atoms with van der Waals surface area (Å²) in [6, 6.07) is 0.420. The molecule has 1 heterocycles. The van der Waals surface area contributed by atoms with Crippen molar-refractivity contribution in [2.24, 2.45) is 0 Å². The van der Waals surface area contributed by atoms with Gasteiger partial charge in [0.05, 0.1) is 19.0 Å². The van der Waals surface area contributed by atoms with Crippen molar-refractivity contribution in [3.8, 4) is 0 Å². The third-order valence-electron chi connectivity index (χ3n) is 2.91. The summed E-state index contributed by atoms with van der Waals surface area (Å²) in [6.07, 6.45) is 3.31. The van der Waals surface area contributed by atoms with Gasteiger partial charge in [-0.3, -0.25) is 0 Å². The second-order valence-corrected chi connectivity index (χ2v) is 6.79. The molecule has 102 valence electrons. The van der Waals surface area contributed by atoms with Crippen molar-refractivity contribution in [2.45, 2.75) is 38.8 Å². The van der Waals surface area contributed by atoms with Crippen molar-refractivity contribution in [3.05, 3.63) is 0 Å². The lowest BCUT2D eigenvalue weighted by atomic mass is 10.1. The number of piperidine rings is 1. The monoisotopic (exact) mass is 264 g/mol. The van der Waals surface area contributed by atoms with E-state index in [1.54, 1.807) is 4.31 Å². The van der Waals surface area contributed by atoms with Gasteiger partial charge in [0, 0.05) is 25.7 Å². The van der Waals surface area contributed by atoms with Gasteiger partial charge in [-0.15, -0.1) is 0 Å². The van der Waals surface area contributed by atoms with E-state index in [1.807, 2.05) is 13.8 Å². The quantitative estimate of drug-likeness (QED) is 0.707. The molecule has 0 atom stereocenters. The van der Waals surface area contributed by atoms with E-state index >= 15 is 0 Å². The Morgan fingerprint density at radius 2 is 1.94 bits per heavy atom. The number of sulfonamides is 1. The maximum Gasteiger partial charge on any atom is 0.211 e. The second-order valence-electron chi connectivity index (χ2n) is 4.81. The Morgan fingerprint density at radius 1 is 1.35 bits per heavy atom. The SMILES string of the molecule is CC(C)OCCNC1CCN(S(C)(=O)=O)CC1. The van der Waals surface area contributed by atoms with Gasteiger partial charge in [0.2, 0.25) is 10.0 Å². The molecule has 1 aliphatic heterocycles. The third-order valence-corrected chi connectivity index (χ3v) is 4.21. The lowest BCUT2D eigenvalue weighted by molar-refractivity contribution is 0.0781. The number of nitrogens with one attached hydrogen (secondary N) is 1. The molecular formula is C11H24N2O3S. The summed E-state index contributed by atoms with van der Waals surface area (Å²) < 4.78 is 29.6. The Balaban J connectivity index is 2.15. The molecule has 0 bridgehead atoms. The van der Waals surface area contributed by atoms with Crippen LogP contribution in [0.1, 0.15) is 26.7 Å². The summed E-state index contributed by atoms with van der Waals surface area (Å²) in [6.45, 7) is 6.84. The minimum Gasteiger partial charge on any atom is -0.377 e. The zero-order chi connectivity index (χ0) is 12.9. The van der Waals surface area contributed by atoms with Gasteiger partial charge in [-0.2, -0.15) is 0 Å². The summed E-state index contributed by atoms with van der Waals surface area (Å²) in [5.41, 5.74) is 0. The predicted octanol–water partition coefficient (Wildman–Crippen LogP) is 0.425. The van der Waals surface area contributed by atoms with Gasteiger partial charge in [-0.25, -0.2) is 12.7 Å². The molecule has 0 aliphatic carbocycles. The van der Waals surface area contributed by atoms with Crippen LogP contribution >= 0.6 is 0 Å². The van der Waals surface area contributed by atoms with Crippen molar-refractivity contribution in [1.82, 2.24) is 9.62 Å². The molecule has 1 saturated heterocycles. The van der Waals surface area contributed by atoms with E-state index in [1.165, 1.54) is 6.26 Å². The fourth-order valence-electron chi connectivity index (χ4n) is 1.95. The zero-order valence-electron chi connectivity index (χ0n) is 11.0. The first kappa shape index (κ1) is 14.9. The Bertz CT molecular complexity index is 309. The molecule has 0 unspecified atom stereocenters. The molecule has 0 aromatic rings. The highest BCUT2D eigenvalue weighted by Gasteiger charge is 2.24. The van der Waals surface area contributed by atoms with Crippen LogP contribution in [0.5, 0.6) is 0 Å². The number of hydrogen-bond acceptors (Lipinski definition) is 4. The number of hydrogen-bond donors (Lipinski definition) is 1. The van der Waals surface area contributed by atoms with E-state index in [4.69, 9.17) is 4.74 Å². The van der Waals surface area contributed by atoms with Crippen LogP contribution in [0.3, 0.4) is 0 Å². The lowest BCUT2D eigenvalue weighted by Crippen LogP contribution is -2.45. The summed E-state index contributed by atoms with van der Waals surface area (Å²) in [5, 5.41) is 3.40. The van der Waals surface area contributed by atoms with E-state index in [0.717, 1.165) is 19.4 Å². The average Bonchev–Trinajstić information content (AvgIpc) is 2.23. The van der Waals surface area contributed by atoms with Gasteiger partial charge < -0.3 is 10.1 Å². The first-order valence-electron chi connectivity index (χ1n) is 6.19. The molecule has 17 heavy (non-hydrogen) atoms. The summed E-state index contributed by atoms with van der Waals surface area (Å²) >= 11 is 0. The molecule has 0 aromatic carbocycles. The normalized spacial score (nSPS) is 20.0. The molecule has 6 heteroatoms. The largest absolute Gasteiger partial charge is 0.377 e. The summed E-state index contributed by atoms with van der Waals surface area (Å²) in [7, 11) is -3.00. The van der Waals surface area contributed by atoms with Crippen LogP contribution in [0.25, 0.3) is 0 Å². The molecule has 1 N–H and O–H groups in total. The van der Waals surface area contributed by atoms with Crippen LogP contribution in [0.15, 0.2) is 0 Å². The van der Waals surface area contributed by atoms with Gasteiger partial charge in [-0.05, 0) is 26.7 Å². The van der Waals surface area contributed by atoms with E-state index in [-0.39, 0.29) is 6.10 Å². The molecular weight excluding hydrogens is 240 g/mol. The van der Waals surface area contributed by atoms with Crippen LogP contribution < -0.4 is 5.32 Å². The van der Waals surface area contributed by atoms with Gasteiger partial charge in [0.1, 0.15) is 0 Å². The molecule has 0 amide bonds. The topological polar surface area (TPSA) is 58.6 Å². The Labute approximate surface area is 105 Å². The van der Waals surface area contributed by atoms with Crippen LogP contribution in [-0.4, -0.2) is 57.4 Å². The number of ether oxygens (including phenoxy) is 1. The number of nitrogens with zero attached hydrogens (tertiary/aromatic N) is 1. The molecule has 1 aliphatic rings. The summed E-state index contributed by atoms with van der Waals surface area (Å²) in [4.78, 5) is 0. The molecule has 1 fully saturated rings. The number of rotatable bonds is 6. The van der Waals surface area contributed by atoms with E-state index < -0.39 is 10.0 Å². The van der Waals surface area contributed by atoms with Crippen LogP contribution in [0, 0.1) is 0 Å². The minimum absolute atomic E-state index is 0.267. The van der Waals surface area contributed by atoms with Gasteiger partial charge in [0.25, 0.3) is 0 Å². The zero-order valence-corrected chi connectivity index (χ0v) is 11.8. The van der Waals surface area contributed by atoms with Crippen molar-refractivity contribution in [3.63, 3.8) is 0 Å². The van der Waals surface area contributed by atoms with Crippen molar-refractivity contribution in [2.75, 3.05) is 32.5 Å². The van der Waals surface area contributed by atoms with Gasteiger partial charge in [-0.1, -0.05) is 0 Å². The highest BCUT2D eigenvalue weighted by molar-refractivity contribution is 7.88. The van der Waals surface area contributed by atoms with Crippen molar-refractivity contribution >= 4 is 10.0 Å². The third kappa shape index (κ3) is 5.81. The van der Waals surface area contributed by atoms with Gasteiger partial charge in [0.15, 0.2) is 0 Å². The van der Waals surface area contributed by atoms with E-state index in [2.05, 4.69) is 5.32 Å². The highest BCUT2D eigenvalue weighted by atomic mass is 32.2. The van der Waals surface area contributed by atoms with Crippen LogP contribution in [0.2, 0.25) is 0 Å². The maximum atomic E-state index is 11.3. The second kappa shape index (κ2) is 6.68. The Hall–Kier alpha value is -0.170. The highest BCUT2D eigenvalue weighted by Crippen LogP contribution is 2.12. The van der Waals surface area contributed by atoms with E-state index in [0.29, 0.717) is 25.7 Å². The molecule has 1 rings (SSSR count). The molecule has 0 aromatic heterocycles. The average molecular weight is 264 g/mol. The first-order chi connectivity index (χ1) is 7.89. The Kier molecular flexibility index (Phi) is 5.85. The summed E-state index contributed by atoms with van der Waals surface area (Å²) in [5.74, 6) is 0. The molecule has 0 saturated carbocycles. The van der Waals surface area contributed by atoms with Crippen molar-refractivity contribution in [1.29, 1.82) is 0 Å². The minimum atomic E-state index is -3.00. The van der Waals surface area contributed by atoms with Crippen molar-refractivity contribution < 1.29 is 13.2 Å². The standard InChI is InChI=1S/C11H24N2O3S/c1-10(2)16-9-6-12-11-4-7-13(8-5-11)17(3,14)15/h10-12H,4-9H2,1-3H3. The van der Waals surface area contributed by atoms with E-state index in [9.17, 15) is 8.42 Å². The first-order valence-corrected chi connectivity index (χ1v) is 8.04. The maximum absolute atomic E-state index is 11.3. The molecule has 5 nitrogen and oxygen atoms in total. The lowest BCUT2D eigenvalue weighted by Gasteiger charge is -2.30. The van der Waals surface area contributed by atoms with Crippen LogP contribution in [-0.2, 0) is 14.8 Å². The molecule has 0 spiro atoms. The molecule has 0 radical (unpaired) electrons. The van der Waals surface area contributed by atoms with Gasteiger partial charge >= 0.3 is 0 Å².